The Kier molecular flexibility index (Phi) is 3.67. The fourth-order valence-corrected chi connectivity index (χ4v) is 3.28. The zero-order valence-electron chi connectivity index (χ0n) is 10.6. The molecule has 0 radical (unpaired) electrons. The number of benzene rings is 1. The molecule has 3 rings (SSSR count). The molecule has 0 aliphatic rings. The van der Waals surface area contributed by atoms with Gasteiger partial charge in [-0.1, -0.05) is 11.6 Å². The molecule has 3 aromatic rings. The van der Waals surface area contributed by atoms with Gasteiger partial charge in [0.2, 0.25) is 0 Å². The predicted octanol–water partition coefficient (Wildman–Crippen LogP) is 4.74. The van der Waals surface area contributed by atoms with Gasteiger partial charge in [0.05, 0.1) is 5.69 Å². The van der Waals surface area contributed by atoms with Crippen molar-refractivity contribution in [2.45, 2.75) is 13.0 Å². The van der Waals surface area contributed by atoms with Crippen molar-refractivity contribution in [1.82, 2.24) is 4.98 Å². The number of hydrogen-bond donors (Lipinski definition) is 1. The topological polar surface area (TPSA) is 46.3 Å². The number of aromatic nitrogens is 1. The van der Waals surface area contributed by atoms with E-state index < -0.39 is 6.10 Å². The van der Waals surface area contributed by atoms with Crippen LogP contribution in [-0.4, -0.2) is 10.1 Å². The van der Waals surface area contributed by atoms with Gasteiger partial charge in [-0.25, -0.2) is 0 Å². The van der Waals surface area contributed by atoms with E-state index >= 15 is 0 Å². The average molecular weight is 397 g/mol. The van der Waals surface area contributed by atoms with Gasteiger partial charge in [0.1, 0.15) is 11.3 Å². The fraction of sp³-hybridized carbons (Fsp3) is 0.133. The number of aliphatic hydroxyl groups is 1. The molecule has 0 bridgehead atoms. The number of furan rings is 1. The Labute approximate surface area is 132 Å². The number of aliphatic hydroxyl groups excluding tert-OH is 1. The summed E-state index contributed by atoms with van der Waals surface area (Å²) in [6.07, 6.45) is 0.751. The molecule has 1 aromatic carbocycles. The first-order chi connectivity index (χ1) is 9.54. The second-order valence-electron chi connectivity index (χ2n) is 4.61. The second kappa shape index (κ2) is 5.31. The van der Waals surface area contributed by atoms with Gasteiger partial charge in [-0.2, -0.15) is 0 Å². The van der Waals surface area contributed by atoms with Gasteiger partial charge >= 0.3 is 0 Å². The van der Waals surface area contributed by atoms with Crippen LogP contribution in [0, 0.1) is 6.92 Å². The minimum atomic E-state index is -0.898. The third-order valence-electron chi connectivity index (χ3n) is 3.06. The lowest BCUT2D eigenvalue weighted by Gasteiger charge is -2.09. The Morgan fingerprint density at radius 3 is 2.75 bits per heavy atom. The number of hydrogen-bond acceptors (Lipinski definition) is 3. The molecular weight excluding hydrogens is 386 g/mol. The lowest BCUT2D eigenvalue weighted by Crippen LogP contribution is -2.02. The van der Waals surface area contributed by atoms with Gasteiger partial charge in [-0.05, 0) is 63.0 Å². The summed E-state index contributed by atoms with van der Waals surface area (Å²) in [6.45, 7) is 2.02. The highest BCUT2D eigenvalue weighted by molar-refractivity contribution is 9.11. The van der Waals surface area contributed by atoms with E-state index in [2.05, 4.69) is 36.8 Å². The first-order valence-corrected chi connectivity index (χ1v) is 7.62. The molecule has 0 saturated carbocycles. The lowest BCUT2D eigenvalue weighted by atomic mass is 10.1. The Bertz CT molecular complexity index is 783. The first-order valence-electron chi connectivity index (χ1n) is 6.03. The third kappa shape index (κ3) is 2.53. The van der Waals surface area contributed by atoms with Crippen molar-refractivity contribution < 1.29 is 9.52 Å². The average Bonchev–Trinajstić information content (AvgIpc) is 2.81. The monoisotopic (exact) mass is 395 g/mol. The molecule has 1 unspecified atom stereocenters. The molecule has 0 aliphatic heterocycles. The van der Waals surface area contributed by atoms with Crippen molar-refractivity contribution in [2.75, 3.05) is 0 Å². The van der Waals surface area contributed by atoms with Crippen LogP contribution in [0.15, 0.2) is 49.9 Å². The van der Waals surface area contributed by atoms with Crippen LogP contribution in [0.2, 0.25) is 0 Å². The van der Waals surface area contributed by atoms with Gasteiger partial charge in [0.15, 0.2) is 6.10 Å². The number of pyridine rings is 1. The summed E-state index contributed by atoms with van der Waals surface area (Å²) < 4.78 is 7.28. The van der Waals surface area contributed by atoms with Gasteiger partial charge in [-0.15, -0.1) is 0 Å². The number of fused-ring (bicyclic) bond motifs is 1. The van der Waals surface area contributed by atoms with Crippen LogP contribution < -0.4 is 0 Å². The summed E-state index contributed by atoms with van der Waals surface area (Å²) in [7, 11) is 0. The first kappa shape index (κ1) is 13.8. The summed E-state index contributed by atoms with van der Waals surface area (Å²) in [5.41, 5.74) is 2.45. The molecular formula is C15H11Br2NO2. The Hall–Kier alpha value is -1.17. The number of nitrogens with zero attached hydrogens (tertiary/aromatic N) is 1. The molecule has 0 saturated heterocycles. The minimum Gasteiger partial charge on any atom is -0.458 e. The van der Waals surface area contributed by atoms with Crippen LogP contribution >= 0.6 is 31.9 Å². The van der Waals surface area contributed by atoms with Crippen LogP contribution in [-0.2, 0) is 0 Å². The van der Waals surface area contributed by atoms with E-state index in [1.54, 1.807) is 6.20 Å². The van der Waals surface area contributed by atoms with Crippen molar-refractivity contribution in [3.63, 3.8) is 0 Å². The smallest absolute Gasteiger partial charge is 0.155 e. The van der Waals surface area contributed by atoms with Crippen LogP contribution in [0.5, 0.6) is 0 Å². The molecule has 1 N–H and O–H groups in total. The summed E-state index contributed by atoms with van der Waals surface area (Å²) in [4.78, 5) is 4.24. The van der Waals surface area contributed by atoms with Gasteiger partial charge < -0.3 is 9.52 Å². The van der Waals surface area contributed by atoms with Crippen LogP contribution in [0.25, 0.3) is 11.0 Å². The Morgan fingerprint density at radius 1 is 1.20 bits per heavy atom. The molecule has 102 valence electrons. The molecule has 5 heteroatoms. The van der Waals surface area contributed by atoms with Gasteiger partial charge in [0.25, 0.3) is 0 Å². The van der Waals surface area contributed by atoms with Crippen molar-refractivity contribution in [1.29, 1.82) is 0 Å². The van der Waals surface area contributed by atoms with E-state index in [0.29, 0.717) is 11.5 Å². The van der Waals surface area contributed by atoms with E-state index in [9.17, 15) is 5.11 Å². The molecule has 3 nitrogen and oxygen atoms in total. The largest absolute Gasteiger partial charge is 0.458 e. The summed E-state index contributed by atoms with van der Waals surface area (Å²) >= 11 is 6.75. The molecule has 0 amide bonds. The molecule has 0 fully saturated rings. The summed E-state index contributed by atoms with van der Waals surface area (Å²) in [5, 5.41) is 11.4. The predicted molar refractivity (Wildman–Crippen MR) is 84.6 cm³/mol. The SMILES string of the molecule is Cc1ccc2oc(C(O)c3ncc(Br)cc3Br)cc2c1. The Balaban J connectivity index is 2.05. The highest BCUT2D eigenvalue weighted by Gasteiger charge is 2.19. The maximum atomic E-state index is 10.4. The quantitative estimate of drug-likeness (QED) is 0.680. The number of rotatable bonds is 2. The van der Waals surface area contributed by atoms with Crippen LogP contribution in [0.4, 0.5) is 0 Å². The zero-order valence-corrected chi connectivity index (χ0v) is 13.8. The van der Waals surface area contributed by atoms with Crippen molar-refractivity contribution in [2.24, 2.45) is 0 Å². The number of aryl methyl sites for hydroxylation is 1. The maximum Gasteiger partial charge on any atom is 0.155 e. The molecule has 20 heavy (non-hydrogen) atoms. The van der Waals surface area contributed by atoms with E-state index in [4.69, 9.17) is 4.42 Å². The van der Waals surface area contributed by atoms with Crippen molar-refractivity contribution >= 4 is 42.8 Å². The van der Waals surface area contributed by atoms with E-state index in [-0.39, 0.29) is 0 Å². The standard InChI is InChI=1S/C15H11Br2NO2/c1-8-2-3-12-9(4-8)5-13(20-12)15(19)14-11(17)6-10(16)7-18-14/h2-7,15,19H,1H3. The molecule has 0 spiro atoms. The summed E-state index contributed by atoms with van der Waals surface area (Å²) in [6, 6.07) is 9.61. The second-order valence-corrected chi connectivity index (χ2v) is 6.38. The maximum absolute atomic E-state index is 10.4. The molecule has 1 atom stereocenters. The third-order valence-corrected chi connectivity index (χ3v) is 4.12. The normalized spacial score (nSPS) is 12.8. The molecule has 0 aliphatic carbocycles. The van der Waals surface area contributed by atoms with E-state index in [0.717, 1.165) is 25.5 Å². The van der Waals surface area contributed by atoms with Crippen molar-refractivity contribution in [3.05, 3.63) is 62.5 Å². The minimum absolute atomic E-state index is 0.487. The molecule has 2 aromatic heterocycles. The highest BCUT2D eigenvalue weighted by atomic mass is 79.9. The number of halogens is 2. The lowest BCUT2D eigenvalue weighted by molar-refractivity contribution is 0.187. The van der Waals surface area contributed by atoms with Gasteiger partial charge in [-0.3, -0.25) is 4.98 Å². The highest BCUT2D eigenvalue weighted by Crippen LogP contribution is 2.32. The fourth-order valence-electron chi connectivity index (χ4n) is 2.08. The van der Waals surface area contributed by atoms with Gasteiger partial charge in [0, 0.05) is 20.5 Å². The van der Waals surface area contributed by atoms with Crippen molar-refractivity contribution in [3.8, 4) is 0 Å². The van der Waals surface area contributed by atoms with Crippen LogP contribution in [0.3, 0.4) is 0 Å². The van der Waals surface area contributed by atoms with E-state index in [1.807, 2.05) is 37.3 Å². The summed E-state index contributed by atoms with van der Waals surface area (Å²) in [5.74, 6) is 0.487. The molecule has 2 heterocycles. The zero-order chi connectivity index (χ0) is 14.3. The Morgan fingerprint density at radius 2 is 2.00 bits per heavy atom. The van der Waals surface area contributed by atoms with Crippen LogP contribution in [0.1, 0.15) is 23.1 Å². The van der Waals surface area contributed by atoms with E-state index in [1.165, 1.54) is 0 Å².